The third kappa shape index (κ3) is 5.34. The molecular formula is C24H28N2O6. The Bertz CT molecular complexity index is 834. The van der Waals surface area contributed by atoms with Crippen LogP contribution < -0.4 is 11.5 Å². The number of benzene rings is 2. The average molecular weight is 440 g/mol. The van der Waals surface area contributed by atoms with Gasteiger partial charge in [0.2, 0.25) is 0 Å². The normalized spacial score (nSPS) is 26.2. The third-order valence-electron chi connectivity index (χ3n) is 5.70. The molecule has 4 N–H and O–H groups in total. The highest BCUT2D eigenvalue weighted by Crippen LogP contribution is 2.31. The number of rotatable bonds is 8. The van der Waals surface area contributed by atoms with Crippen molar-refractivity contribution < 1.29 is 28.5 Å². The first-order chi connectivity index (χ1) is 15.5. The second-order valence-corrected chi connectivity index (χ2v) is 8.14. The summed E-state index contributed by atoms with van der Waals surface area (Å²) in [7, 11) is 0. The predicted octanol–water partition coefficient (Wildman–Crippen LogP) is 0.748. The van der Waals surface area contributed by atoms with E-state index in [1.165, 1.54) is 0 Å². The van der Waals surface area contributed by atoms with Crippen molar-refractivity contribution in [3.8, 4) is 0 Å². The summed E-state index contributed by atoms with van der Waals surface area (Å²) in [5.74, 6) is -1.03. The van der Waals surface area contributed by atoms with Crippen LogP contribution in [0.1, 0.15) is 11.1 Å². The minimum atomic E-state index is -0.789. The number of fused-ring (bicyclic) bond motifs is 1. The number of carbonyl (C=O) groups excluding carboxylic acids is 2. The highest BCUT2D eigenvalue weighted by molar-refractivity contribution is 5.76. The van der Waals surface area contributed by atoms with E-state index < -0.39 is 48.4 Å². The Kier molecular flexibility index (Phi) is 7.16. The summed E-state index contributed by atoms with van der Waals surface area (Å²) in [6.07, 6.45) is -1.46. The topological polar surface area (TPSA) is 123 Å². The van der Waals surface area contributed by atoms with Crippen LogP contribution in [0.2, 0.25) is 0 Å². The molecular weight excluding hydrogens is 412 g/mol. The van der Waals surface area contributed by atoms with Crippen LogP contribution in [0.4, 0.5) is 0 Å². The second kappa shape index (κ2) is 10.2. The maximum atomic E-state index is 12.5. The molecule has 0 radical (unpaired) electrons. The van der Waals surface area contributed by atoms with E-state index >= 15 is 0 Å². The fourth-order valence-corrected chi connectivity index (χ4v) is 4.01. The summed E-state index contributed by atoms with van der Waals surface area (Å²) in [4.78, 5) is 24.9. The molecule has 2 aliphatic heterocycles. The van der Waals surface area contributed by atoms with E-state index in [0.717, 1.165) is 11.1 Å². The number of hydrogen-bond acceptors (Lipinski definition) is 8. The van der Waals surface area contributed by atoms with Crippen LogP contribution in [-0.4, -0.2) is 61.7 Å². The summed E-state index contributed by atoms with van der Waals surface area (Å²) in [5, 5.41) is 0. The maximum absolute atomic E-state index is 12.5. The molecule has 0 amide bonds. The van der Waals surface area contributed by atoms with Gasteiger partial charge in [-0.25, -0.2) is 0 Å². The molecule has 6 atom stereocenters. The molecule has 4 rings (SSSR count). The van der Waals surface area contributed by atoms with Gasteiger partial charge in [0.1, 0.15) is 24.3 Å². The van der Waals surface area contributed by atoms with Crippen LogP contribution in [0, 0.1) is 0 Å². The van der Waals surface area contributed by atoms with Gasteiger partial charge in [0, 0.05) is 0 Å². The first-order valence-corrected chi connectivity index (χ1v) is 10.7. The highest BCUT2D eigenvalue weighted by Gasteiger charge is 2.51. The summed E-state index contributed by atoms with van der Waals surface area (Å²) in [5.41, 5.74) is 13.9. The van der Waals surface area contributed by atoms with Crippen LogP contribution in [0.15, 0.2) is 60.7 Å². The average Bonchev–Trinajstić information content (AvgIpc) is 3.38. The summed E-state index contributed by atoms with van der Waals surface area (Å²) in [6.45, 7) is 0.312. The maximum Gasteiger partial charge on any atom is 0.323 e. The zero-order chi connectivity index (χ0) is 22.5. The van der Waals surface area contributed by atoms with Gasteiger partial charge in [-0.15, -0.1) is 0 Å². The summed E-state index contributed by atoms with van der Waals surface area (Å²) >= 11 is 0. The minimum absolute atomic E-state index is 0.156. The van der Waals surface area contributed by atoms with E-state index in [2.05, 4.69) is 0 Å². The van der Waals surface area contributed by atoms with Gasteiger partial charge in [0.05, 0.1) is 13.2 Å². The zero-order valence-electron chi connectivity index (χ0n) is 17.7. The van der Waals surface area contributed by atoms with E-state index in [4.69, 9.17) is 30.4 Å². The largest absolute Gasteiger partial charge is 0.456 e. The Balaban J connectivity index is 1.26. The standard InChI is InChI=1S/C24H28N2O6/c25-17(11-15-7-3-1-4-8-15)23(27)31-19-13-29-22-20(14-30-21(19)22)32-24(28)18(26)12-16-9-5-2-6-10-16/h1-10,17-22H,11-14,25-26H2/t17-,18-,19?,20?,21?,22?/m0/s1. The Morgan fingerprint density at radius 1 is 0.750 bits per heavy atom. The van der Waals surface area contributed by atoms with Gasteiger partial charge in [-0.2, -0.15) is 0 Å². The summed E-state index contributed by atoms with van der Waals surface area (Å²) < 4.78 is 22.6. The van der Waals surface area contributed by atoms with Gasteiger partial charge >= 0.3 is 11.9 Å². The van der Waals surface area contributed by atoms with Crippen LogP contribution in [0.25, 0.3) is 0 Å². The lowest BCUT2D eigenvalue weighted by atomic mass is 10.1. The van der Waals surface area contributed by atoms with Crippen molar-refractivity contribution in [2.75, 3.05) is 13.2 Å². The number of hydrogen-bond donors (Lipinski definition) is 2. The molecule has 2 fully saturated rings. The van der Waals surface area contributed by atoms with Crippen molar-refractivity contribution in [3.05, 3.63) is 71.8 Å². The predicted molar refractivity (Wildman–Crippen MR) is 115 cm³/mol. The zero-order valence-corrected chi connectivity index (χ0v) is 17.7. The first-order valence-electron chi connectivity index (χ1n) is 10.7. The SMILES string of the molecule is N[C@@H](Cc1ccccc1)C(=O)OC1COC2C(OC(=O)[C@@H](N)Cc3ccccc3)COC12. The minimum Gasteiger partial charge on any atom is -0.456 e. The van der Waals surface area contributed by atoms with Crippen molar-refractivity contribution >= 4 is 11.9 Å². The van der Waals surface area contributed by atoms with Gasteiger partial charge in [0.15, 0.2) is 12.2 Å². The number of ether oxygens (including phenoxy) is 4. The molecule has 2 heterocycles. The monoisotopic (exact) mass is 440 g/mol. The molecule has 170 valence electrons. The van der Waals surface area contributed by atoms with Crippen molar-refractivity contribution in [2.24, 2.45) is 11.5 Å². The Morgan fingerprint density at radius 3 is 1.50 bits per heavy atom. The lowest BCUT2D eigenvalue weighted by Crippen LogP contribution is -2.42. The van der Waals surface area contributed by atoms with Crippen molar-refractivity contribution in [2.45, 2.75) is 49.3 Å². The smallest absolute Gasteiger partial charge is 0.323 e. The molecule has 8 heteroatoms. The van der Waals surface area contributed by atoms with Gasteiger partial charge in [-0.1, -0.05) is 60.7 Å². The summed E-state index contributed by atoms with van der Waals surface area (Å²) in [6, 6.07) is 17.4. The highest BCUT2D eigenvalue weighted by atomic mass is 16.7. The van der Waals surface area contributed by atoms with E-state index in [1.54, 1.807) is 0 Å². The van der Waals surface area contributed by atoms with E-state index in [0.29, 0.717) is 12.8 Å². The fourth-order valence-electron chi connectivity index (χ4n) is 4.01. The quantitative estimate of drug-likeness (QED) is 0.577. The third-order valence-corrected chi connectivity index (χ3v) is 5.70. The van der Waals surface area contributed by atoms with Crippen molar-refractivity contribution in [1.29, 1.82) is 0 Å². The van der Waals surface area contributed by atoms with Crippen LogP contribution in [0.3, 0.4) is 0 Å². The molecule has 0 bridgehead atoms. The molecule has 0 aromatic heterocycles. The molecule has 32 heavy (non-hydrogen) atoms. The van der Waals surface area contributed by atoms with E-state index in [9.17, 15) is 9.59 Å². The molecule has 2 aromatic carbocycles. The fraction of sp³-hybridized carbons (Fsp3) is 0.417. The molecule has 2 aromatic rings. The van der Waals surface area contributed by atoms with Crippen LogP contribution in [-0.2, 0) is 41.4 Å². The lowest BCUT2D eigenvalue weighted by Gasteiger charge is -2.20. The van der Waals surface area contributed by atoms with Crippen LogP contribution in [0.5, 0.6) is 0 Å². The second-order valence-electron chi connectivity index (χ2n) is 8.14. The Hall–Kier alpha value is -2.78. The number of esters is 2. The lowest BCUT2D eigenvalue weighted by molar-refractivity contribution is -0.156. The molecule has 8 nitrogen and oxygen atoms in total. The van der Waals surface area contributed by atoms with Crippen LogP contribution >= 0.6 is 0 Å². The Labute approximate surface area is 186 Å². The van der Waals surface area contributed by atoms with E-state index in [-0.39, 0.29) is 13.2 Å². The number of nitrogens with two attached hydrogens (primary N) is 2. The molecule has 2 saturated heterocycles. The van der Waals surface area contributed by atoms with Gasteiger partial charge in [-0.3, -0.25) is 9.59 Å². The first kappa shape index (κ1) is 22.4. The van der Waals surface area contributed by atoms with Gasteiger partial charge in [0.25, 0.3) is 0 Å². The molecule has 4 unspecified atom stereocenters. The Morgan fingerprint density at radius 2 is 1.12 bits per heavy atom. The van der Waals surface area contributed by atoms with Gasteiger partial charge < -0.3 is 30.4 Å². The van der Waals surface area contributed by atoms with Crippen molar-refractivity contribution in [3.63, 3.8) is 0 Å². The van der Waals surface area contributed by atoms with Gasteiger partial charge in [-0.05, 0) is 24.0 Å². The molecule has 0 spiro atoms. The van der Waals surface area contributed by atoms with E-state index in [1.807, 2.05) is 60.7 Å². The molecule has 2 aliphatic rings. The molecule has 0 saturated carbocycles. The molecule has 0 aliphatic carbocycles. The van der Waals surface area contributed by atoms with Crippen molar-refractivity contribution in [1.82, 2.24) is 0 Å². The number of carbonyl (C=O) groups is 2.